The molecule has 1 aromatic carbocycles. The summed E-state index contributed by atoms with van der Waals surface area (Å²) in [6.45, 7) is 3.46. The lowest BCUT2D eigenvalue weighted by atomic mass is 9.96. The van der Waals surface area contributed by atoms with Crippen molar-refractivity contribution in [3.63, 3.8) is 0 Å². The quantitative estimate of drug-likeness (QED) is 0.861. The molecule has 3 rings (SSSR count). The van der Waals surface area contributed by atoms with E-state index in [1.165, 1.54) is 0 Å². The van der Waals surface area contributed by atoms with Crippen LogP contribution in [0, 0.1) is 0 Å². The fourth-order valence-electron chi connectivity index (χ4n) is 2.98. The number of ether oxygens (including phenoxy) is 1. The van der Waals surface area contributed by atoms with Crippen LogP contribution in [0.2, 0.25) is 0 Å². The van der Waals surface area contributed by atoms with Crippen LogP contribution in [0.1, 0.15) is 36.5 Å². The van der Waals surface area contributed by atoms with Gasteiger partial charge in [0.1, 0.15) is 5.75 Å². The molecule has 1 fully saturated rings. The van der Waals surface area contributed by atoms with Crippen LogP contribution in [0.15, 0.2) is 18.2 Å². The number of carbonyl (C=O) groups excluding carboxylic acids is 2. The SMILES string of the molecule is CCN1C(=O)COc2ccc(C(=O)C3CCCCN3)cc21. The fourth-order valence-corrected chi connectivity index (χ4v) is 2.98. The molecule has 21 heavy (non-hydrogen) atoms. The lowest BCUT2D eigenvalue weighted by Crippen LogP contribution is -2.41. The zero-order valence-electron chi connectivity index (χ0n) is 12.2. The first-order valence-electron chi connectivity index (χ1n) is 7.55. The number of hydrogen-bond acceptors (Lipinski definition) is 4. The first-order valence-corrected chi connectivity index (χ1v) is 7.55. The minimum atomic E-state index is -0.105. The molecule has 0 spiro atoms. The van der Waals surface area contributed by atoms with E-state index in [1.54, 1.807) is 23.1 Å². The number of ketones is 1. The number of hydrogen-bond donors (Lipinski definition) is 1. The molecule has 1 atom stereocenters. The van der Waals surface area contributed by atoms with E-state index in [9.17, 15) is 9.59 Å². The van der Waals surface area contributed by atoms with Gasteiger partial charge in [-0.3, -0.25) is 9.59 Å². The number of likely N-dealkylation sites (N-methyl/N-ethyl adjacent to an activating group) is 1. The van der Waals surface area contributed by atoms with Gasteiger partial charge in [-0.2, -0.15) is 0 Å². The Morgan fingerprint density at radius 2 is 2.29 bits per heavy atom. The van der Waals surface area contributed by atoms with Crippen molar-refractivity contribution in [2.75, 3.05) is 24.6 Å². The molecule has 0 saturated carbocycles. The van der Waals surface area contributed by atoms with Crippen molar-refractivity contribution < 1.29 is 14.3 Å². The summed E-state index contributed by atoms with van der Waals surface area (Å²) in [6.07, 6.45) is 3.08. The Labute approximate surface area is 124 Å². The third-order valence-corrected chi connectivity index (χ3v) is 4.13. The second-order valence-corrected chi connectivity index (χ2v) is 5.48. The highest BCUT2D eigenvalue weighted by Crippen LogP contribution is 2.33. The molecule has 2 aliphatic rings. The summed E-state index contributed by atoms with van der Waals surface area (Å²) in [4.78, 5) is 26.1. The monoisotopic (exact) mass is 288 g/mol. The summed E-state index contributed by atoms with van der Waals surface area (Å²) in [7, 11) is 0. The van der Waals surface area contributed by atoms with E-state index in [0.29, 0.717) is 23.5 Å². The molecule has 0 bridgehead atoms. The van der Waals surface area contributed by atoms with Crippen molar-refractivity contribution in [3.05, 3.63) is 23.8 Å². The summed E-state index contributed by atoms with van der Waals surface area (Å²) < 4.78 is 5.43. The number of benzene rings is 1. The van der Waals surface area contributed by atoms with Gasteiger partial charge in [-0.05, 0) is 44.5 Å². The largest absolute Gasteiger partial charge is 0.482 e. The van der Waals surface area contributed by atoms with E-state index in [4.69, 9.17) is 4.74 Å². The molecule has 1 unspecified atom stereocenters. The number of nitrogens with zero attached hydrogens (tertiary/aromatic N) is 1. The molecule has 1 amide bonds. The Morgan fingerprint density at radius 1 is 1.43 bits per heavy atom. The predicted octanol–water partition coefficient (Wildman–Crippen LogP) is 1.76. The van der Waals surface area contributed by atoms with Crippen molar-refractivity contribution >= 4 is 17.4 Å². The average molecular weight is 288 g/mol. The Hall–Kier alpha value is -1.88. The smallest absolute Gasteiger partial charge is 0.265 e. The summed E-state index contributed by atoms with van der Waals surface area (Å²) in [5, 5.41) is 3.27. The van der Waals surface area contributed by atoms with E-state index in [0.717, 1.165) is 25.8 Å². The third kappa shape index (κ3) is 2.65. The normalized spacial score (nSPS) is 21.7. The lowest BCUT2D eigenvalue weighted by Gasteiger charge is -2.29. The summed E-state index contributed by atoms with van der Waals surface area (Å²) in [5.41, 5.74) is 1.35. The molecular weight excluding hydrogens is 268 g/mol. The number of fused-ring (bicyclic) bond motifs is 1. The highest BCUT2D eigenvalue weighted by atomic mass is 16.5. The van der Waals surface area contributed by atoms with Crippen molar-refractivity contribution in [1.82, 2.24) is 5.32 Å². The van der Waals surface area contributed by atoms with E-state index in [-0.39, 0.29) is 24.3 Å². The van der Waals surface area contributed by atoms with Crippen molar-refractivity contribution in [3.8, 4) is 5.75 Å². The maximum Gasteiger partial charge on any atom is 0.265 e. The summed E-state index contributed by atoms with van der Waals surface area (Å²) in [5.74, 6) is 0.710. The minimum absolute atomic E-state index is 0.0645. The van der Waals surface area contributed by atoms with Gasteiger partial charge in [-0.1, -0.05) is 6.42 Å². The molecule has 2 heterocycles. The minimum Gasteiger partial charge on any atom is -0.482 e. The summed E-state index contributed by atoms with van der Waals surface area (Å²) in [6, 6.07) is 5.27. The molecule has 0 aliphatic carbocycles. The molecule has 1 saturated heterocycles. The third-order valence-electron chi connectivity index (χ3n) is 4.13. The zero-order chi connectivity index (χ0) is 14.8. The Balaban J connectivity index is 1.89. The topological polar surface area (TPSA) is 58.6 Å². The van der Waals surface area contributed by atoms with Crippen LogP contribution in [0.25, 0.3) is 0 Å². The molecule has 2 aliphatic heterocycles. The van der Waals surface area contributed by atoms with Gasteiger partial charge in [0, 0.05) is 12.1 Å². The van der Waals surface area contributed by atoms with Gasteiger partial charge in [0.15, 0.2) is 12.4 Å². The summed E-state index contributed by atoms with van der Waals surface area (Å²) >= 11 is 0. The van der Waals surface area contributed by atoms with Crippen LogP contribution >= 0.6 is 0 Å². The van der Waals surface area contributed by atoms with Crippen molar-refractivity contribution in [1.29, 1.82) is 0 Å². The van der Waals surface area contributed by atoms with Gasteiger partial charge in [-0.25, -0.2) is 0 Å². The van der Waals surface area contributed by atoms with Gasteiger partial charge in [0.2, 0.25) is 0 Å². The predicted molar refractivity (Wildman–Crippen MR) is 79.9 cm³/mol. The first kappa shape index (κ1) is 14.1. The molecule has 1 N–H and O–H groups in total. The van der Waals surface area contributed by atoms with Crippen LogP contribution in [0.5, 0.6) is 5.75 Å². The fraction of sp³-hybridized carbons (Fsp3) is 0.500. The molecule has 5 heteroatoms. The Bertz CT molecular complexity index is 565. The number of nitrogens with one attached hydrogen (secondary N) is 1. The second kappa shape index (κ2) is 5.85. The lowest BCUT2D eigenvalue weighted by molar-refractivity contribution is -0.121. The van der Waals surface area contributed by atoms with Gasteiger partial charge < -0.3 is 15.0 Å². The molecule has 112 valence electrons. The Morgan fingerprint density at radius 3 is 3.00 bits per heavy atom. The number of carbonyl (C=O) groups is 2. The van der Waals surface area contributed by atoms with Crippen LogP contribution in [-0.2, 0) is 4.79 Å². The number of anilines is 1. The number of rotatable bonds is 3. The number of amides is 1. The molecule has 0 aromatic heterocycles. The van der Waals surface area contributed by atoms with Crippen LogP contribution in [-0.4, -0.2) is 37.4 Å². The second-order valence-electron chi connectivity index (χ2n) is 5.48. The number of Topliss-reactive ketones (excluding diaryl/α,β-unsaturated/α-hetero) is 1. The maximum absolute atomic E-state index is 12.6. The van der Waals surface area contributed by atoms with E-state index < -0.39 is 0 Å². The van der Waals surface area contributed by atoms with Gasteiger partial charge in [0.25, 0.3) is 5.91 Å². The van der Waals surface area contributed by atoms with E-state index in [2.05, 4.69) is 5.32 Å². The molecule has 0 radical (unpaired) electrons. The van der Waals surface area contributed by atoms with E-state index in [1.807, 2.05) is 6.92 Å². The van der Waals surface area contributed by atoms with Gasteiger partial charge in [-0.15, -0.1) is 0 Å². The van der Waals surface area contributed by atoms with Gasteiger partial charge in [0.05, 0.1) is 11.7 Å². The Kier molecular flexibility index (Phi) is 3.92. The molecular formula is C16H20N2O3. The van der Waals surface area contributed by atoms with Crippen molar-refractivity contribution in [2.45, 2.75) is 32.2 Å². The average Bonchev–Trinajstić information content (AvgIpc) is 2.54. The highest BCUT2D eigenvalue weighted by molar-refractivity contribution is 6.03. The van der Waals surface area contributed by atoms with Gasteiger partial charge >= 0.3 is 0 Å². The first-order chi connectivity index (χ1) is 10.2. The standard InChI is InChI=1S/C16H20N2O3/c1-2-18-13-9-11(6-7-14(13)21-10-15(18)19)16(20)12-5-3-4-8-17-12/h6-7,9,12,17H,2-5,8,10H2,1H3. The van der Waals surface area contributed by atoms with Crippen LogP contribution < -0.4 is 15.0 Å². The molecule has 1 aromatic rings. The molecule has 5 nitrogen and oxygen atoms in total. The number of piperidine rings is 1. The van der Waals surface area contributed by atoms with Crippen LogP contribution in [0.4, 0.5) is 5.69 Å². The zero-order valence-corrected chi connectivity index (χ0v) is 12.2. The van der Waals surface area contributed by atoms with E-state index >= 15 is 0 Å². The highest BCUT2D eigenvalue weighted by Gasteiger charge is 2.27. The van der Waals surface area contributed by atoms with Crippen LogP contribution in [0.3, 0.4) is 0 Å². The maximum atomic E-state index is 12.6. The van der Waals surface area contributed by atoms with Crippen molar-refractivity contribution in [2.24, 2.45) is 0 Å².